The van der Waals surface area contributed by atoms with Crippen LogP contribution in [0.3, 0.4) is 0 Å². The normalized spacial score (nSPS) is 44.0. The molecule has 12 unspecified atom stereocenters. The number of fused-ring (bicyclic) bond motifs is 4. The molecule has 3 aliphatic carbocycles. The molecule has 10 heteroatoms. The number of epoxide rings is 2. The molecular formula is C28H53N4O6+3. The highest BCUT2D eigenvalue weighted by Gasteiger charge is 2.51. The topological polar surface area (TPSA) is 88.0 Å². The summed E-state index contributed by atoms with van der Waals surface area (Å²) >= 11 is 0. The van der Waals surface area contributed by atoms with Crippen LogP contribution in [0.1, 0.15) is 77.0 Å². The molecule has 0 radical (unpaired) electrons. The van der Waals surface area contributed by atoms with Crippen molar-refractivity contribution in [3.05, 3.63) is 0 Å². The highest BCUT2D eigenvalue weighted by atomic mass is 17.2. The maximum absolute atomic E-state index is 6.78. The first-order valence-electron chi connectivity index (χ1n) is 15.4. The molecule has 218 valence electrons. The second-order valence-electron chi connectivity index (χ2n) is 13.7. The van der Waals surface area contributed by atoms with Crippen LogP contribution in [-0.2, 0) is 28.9 Å². The van der Waals surface area contributed by atoms with Crippen molar-refractivity contribution in [3.8, 4) is 0 Å². The van der Waals surface area contributed by atoms with Crippen molar-refractivity contribution in [2.75, 3.05) is 47.9 Å². The molecule has 2 bridgehead atoms. The Morgan fingerprint density at radius 1 is 0.632 bits per heavy atom. The minimum absolute atomic E-state index is 0.0281. The first-order chi connectivity index (χ1) is 18.1. The smallest absolute Gasteiger partial charge is 0.154 e. The van der Waals surface area contributed by atoms with Crippen LogP contribution in [0.25, 0.3) is 0 Å². The monoisotopic (exact) mass is 541 g/mol. The number of quaternary nitrogens is 3. The van der Waals surface area contributed by atoms with E-state index in [4.69, 9.17) is 34.8 Å². The summed E-state index contributed by atoms with van der Waals surface area (Å²) in [5, 5.41) is 0. The quantitative estimate of drug-likeness (QED) is 0.156. The van der Waals surface area contributed by atoms with Gasteiger partial charge in [-0.15, -0.1) is 5.84 Å². The van der Waals surface area contributed by atoms with Crippen LogP contribution in [0, 0.1) is 17.8 Å². The molecule has 0 amide bonds. The van der Waals surface area contributed by atoms with E-state index in [2.05, 4.69) is 0 Å². The van der Waals surface area contributed by atoms with Crippen molar-refractivity contribution in [1.82, 2.24) is 0 Å². The molecule has 7 aliphatic rings. The fourth-order valence-corrected chi connectivity index (χ4v) is 7.72. The van der Waals surface area contributed by atoms with E-state index >= 15 is 0 Å². The summed E-state index contributed by atoms with van der Waals surface area (Å²) in [5.41, 5.74) is 0. The largest absolute Gasteiger partial charge is 0.374 e. The van der Waals surface area contributed by atoms with E-state index in [0.717, 1.165) is 45.2 Å². The highest BCUT2D eigenvalue weighted by Crippen LogP contribution is 2.43. The first kappa shape index (κ1) is 27.8. The second kappa shape index (κ2) is 10.8. The van der Waals surface area contributed by atoms with Gasteiger partial charge < -0.3 is 14.2 Å². The minimum Gasteiger partial charge on any atom is -0.374 e. The zero-order valence-corrected chi connectivity index (χ0v) is 24.2. The van der Waals surface area contributed by atoms with Gasteiger partial charge in [0.2, 0.25) is 0 Å². The van der Waals surface area contributed by atoms with E-state index in [1.807, 2.05) is 21.1 Å². The van der Waals surface area contributed by atoms with Gasteiger partial charge in [0.1, 0.15) is 34.2 Å². The number of hydroxylamine groups is 10. The Morgan fingerprint density at radius 2 is 1.24 bits per heavy atom. The van der Waals surface area contributed by atoms with Crippen molar-refractivity contribution in [2.24, 2.45) is 23.6 Å². The molecule has 12 atom stereocenters. The Hall–Kier alpha value is -0.400. The van der Waals surface area contributed by atoms with E-state index in [1.54, 1.807) is 7.11 Å². The Labute approximate surface area is 228 Å². The lowest BCUT2D eigenvalue weighted by atomic mass is 9.78. The summed E-state index contributed by atoms with van der Waals surface area (Å²) in [5.74, 6) is 8.64. The summed E-state index contributed by atoms with van der Waals surface area (Å²) in [4.78, 5) is 19.3. The predicted molar refractivity (Wildman–Crippen MR) is 138 cm³/mol. The van der Waals surface area contributed by atoms with Gasteiger partial charge in [-0.05, 0) is 69.1 Å². The van der Waals surface area contributed by atoms with Crippen LogP contribution >= 0.6 is 0 Å². The number of nitrogens with zero attached hydrogens (tertiary/aromatic N) is 3. The molecule has 7 rings (SSSR count). The van der Waals surface area contributed by atoms with Crippen LogP contribution in [0.2, 0.25) is 0 Å². The molecule has 4 heterocycles. The Balaban J connectivity index is 1.07. The van der Waals surface area contributed by atoms with Crippen molar-refractivity contribution < 1.29 is 43.3 Å². The van der Waals surface area contributed by atoms with E-state index in [9.17, 15) is 0 Å². The average molecular weight is 542 g/mol. The zero-order chi connectivity index (χ0) is 26.5. The molecule has 4 saturated heterocycles. The van der Waals surface area contributed by atoms with Gasteiger partial charge in [-0.3, -0.25) is 0 Å². The molecule has 38 heavy (non-hydrogen) atoms. The fourth-order valence-electron chi connectivity index (χ4n) is 7.72. The van der Waals surface area contributed by atoms with Gasteiger partial charge in [-0.25, -0.2) is 0 Å². The Morgan fingerprint density at radius 3 is 1.76 bits per heavy atom. The summed E-state index contributed by atoms with van der Waals surface area (Å²) in [6.45, 7) is 2.18. The number of hydrogen-bond donors (Lipinski definition) is 1. The average Bonchev–Trinajstić information content (AvgIpc) is 3.79. The van der Waals surface area contributed by atoms with Gasteiger partial charge in [0, 0.05) is 30.5 Å². The summed E-state index contributed by atoms with van der Waals surface area (Å²) in [6.07, 6.45) is 16.7. The molecule has 10 nitrogen and oxygen atoms in total. The van der Waals surface area contributed by atoms with Crippen LogP contribution in [0.4, 0.5) is 0 Å². The Bertz CT molecular complexity index is 826. The van der Waals surface area contributed by atoms with E-state index in [-0.39, 0.29) is 14.4 Å². The third-order valence-electron chi connectivity index (χ3n) is 10.4. The number of nitrogens with two attached hydrogens (primary N) is 1. The second-order valence-corrected chi connectivity index (χ2v) is 13.7. The maximum Gasteiger partial charge on any atom is 0.154 e. The molecule has 0 aromatic heterocycles. The number of ether oxygens (including phenoxy) is 3. The van der Waals surface area contributed by atoms with Gasteiger partial charge in [0.25, 0.3) is 0 Å². The third kappa shape index (κ3) is 6.73. The van der Waals surface area contributed by atoms with Crippen LogP contribution in [-0.4, -0.2) is 98.9 Å². The van der Waals surface area contributed by atoms with Gasteiger partial charge >= 0.3 is 0 Å². The van der Waals surface area contributed by atoms with Crippen molar-refractivity contribution in [3.63, 3.8) is 0 Å². The van der Waals surface area contributed by atoms with Gasteiger partial charge in [-0.1, -0.05) is 4.76 Å². The standard InChI is InChI=1S/C28H53N4O6/c1-30(29,14-13-22-7-8-23-19-26(22)34-23)37-32(3,16-12-21-6-10-25-28(18-21)36-25)38-31(2,33-4)15-11-20-5-9-24-27(17-20)35-24/h20-28H,5-19,29H2,1-4H3/q+3. The fraction of sp³-hybridized carbons (Fsp3) is 1.00. The molecule has 2 N–H and O–H groups in total. The van der Waals surface area contributed by atoms with Crippen molar-refractivity contribution in [1.29, 1.82) is 0 Å². The van der Waals surface area contributed by atoms with E-state index < -0.39 is 0 Å². The molecule has 0 aromatic rings. The summed E-state index contributed by atoms with van der Waals surface area (Å²) in [6, 6.07) is 0. The van der Waals surface area contributed by atoms with E-state index in [1.165, 1.54) is 44.9 Å². The van der Waals surface area contributed by atoms with Crippen LogP contribution < -0.4 is 5.84 Å². The maximum atomic E-state index is 6.78. The lowest BCUT2D eigenvalue weighted by molar-refractivity contribution is -1.52. The van der Waals surface area contributed by atoms with Gasteiger partial charge in [0.15, 0.2) is 6.54 Å². The molecule has 4 aliphatic heterocycles. The SMILES string of the molecule is CO[N+](C)(CCC1CCC2OC2C1)O[N+](C)(CCC1CCC2OC2C1)O[N+](C)(N)CCC1CCC2CC1O2. The van der Waals surface area contributed by atoms with E-state index in [0.29, 0.717) is 60.9 Å². The van der Waals surface area contributed by atoms with Gasteiger partial charge in [-0.2, -0.15) is 4.84 Å². The molecule has 7 fully saturated rings. The summed E-state index contributed by atoms with van der Waals surface area (Å²) in [7, 11) is 7.67. The van der Waals surface area contributed by atoms with Crippen LogP contribution in [0.5, 0.6) is 0 Å². The zero-order valence-electron chi connectivity index (χ0n) is 24.2. The molecular weight excluding hydrogens is 488 g/mol. The first-order valence-corrected chi connectivity index (χ1v) is 15.4. The lowest BCUT2D eigenvalue weighted by Gasteiger charge is -2.47. The number of hydrogen-bond acceptors (Lipinski definition) is 7. The van der Waals surface area contributed by atoms with Crippen LogP contribution in [0.15, 0.2) is 0 Å². The number of rotatable bonds is 14. The highest BCUT2D eigenvalue weighted by molar-refractivity contribution is 4.92. The molecule has 3 saturated carbocycles. The van der Waals surface area contributed by atoms with Gasteiger partial charge in [0.05, 0.1) is 58.4 Å². The lowest BCUT2D eigenvalue weighted by Crippen LogP contribution is -2.65. The third-order valence-corrected chi connectivity index (χ3v) is 10.4. The minimum atomic E-state index is -0.0477. The van der Waals surface area contributed by atoms with Crippen molar-refractivity contribution in [2.45, 2.75) is 114 Å². The molecule has 0 spiro atoms. The molecule has 0 aromatic carbocycles. The van der Waals surface area contributed by atoms with Crippen molar-refractivity contribution >= 4 is 0 Å². The summed E-state index contributed by atoms with van der Waals surface area (Å²) < 4.78 is 17.5. The predicted octanol–water partition coefficient (Wildman–Crippen LogP) is 3.33. The Kier molecular flexibility index (Phi) is 7.87.